The number of carbonyl (C=O) groups excluding carboxylic acids is 1. The van der Waals surface area contributed by atoms with E-state index in [0.29, 0.717) is 12.3 Å². The number of carboxylic acid groups (broad SMARTS) is 1. The second kappa shape index (κ2) is 6.99. The summed E-state index contributed by atoms with van der Waals surface area (Å²) in [6.07, 6.45) is 10.9. The molecule has 3 N–H and O–H groups in total. The highest BCUT2D eigenvalue weighted by molar-refractivity contribution is 5.96. The molecule has 0 amide bonds. The Balaban J connectivity index is 1.65. The number of hydrogen-bond acceptors (Lipinski definition) is 3. The largest absolute Gasteiger partial charge is 0.481 e. The first-order valence-electron chi connectivity index (χ1n) is 13.8. The molecule has 5 aliphatic rings. The molecule has 0 radical (unpaired) electrons. The Kier molecular flexibility index (Phi) is 5.04. The minimum absolute atomic E-state index is 0.0523. The number of carbonyl (C=O) groups is 2. The van der Waals surface area contributed by atoms with E-state index < -0.39 is 11.4 Å². The highest BCUT2D eigenvalue weighted by atomic mass is 16.4. The molecule has 0 heterocycles. The summed E-state index contributed by atoms with van der Waals surface area (Å²) in [5, 5.41) is 10.1. The van der Waals surface area contributed by atoms with Crippen LogP contribution in [0.15, 0.2) is 11.6 Å². The summed E-state index contributed by atoms with van der Waals surface area (Å²) in [6.45, 7) is 16.2. The molecule has 4 saturated carbocycles. The van der Waals surface area contributed by atoms with Gasteiger partial charge in [0.05, 0.1) is 5.41 Å². The lowest BCUT2D eigenvalue weighted by molar-refractivity contribution is -0.190. The molecule has 4 heteroatoms. The number of nitrogens with two attached hydrogens (primary N) is 1. The molecule has 4 nitrogen and oxygen atoms in total. The van der Waals surface area contributed by atoms with Crippen LogP contribution in [0.2, 0.25) is 0 Å². The maximum absolute atomic E-state index is 14.3. The van der Waals surface area contributed by atoms with Gasteiger partial charge < -0.3 is 10.8 Å². The Hall–Kier alpha value is -1.16. The maximum Gasteiger partial charge on any atom is 0.309 e. The van der Waals surface area contributed by atoms with Crippen LogP contribution < -0.4 is 5.73 Å². The van der Waals surface area contributed by atoms with Crippen LogP contribution in [0.3, 0.4) is 0 Å². The molecule has 190 valence electrons. The van der Waals surface area contributed by atoms with E-state index in [9.17, 15) is 14.7 Å². The van der Waals surface area contributed by atoms with Gasteiger partial charge in [-0.05, 0) is 110 Å². The summed E-state index contributed by atoms with van der Waals surface area (Å²) >= 11 is 0. The minimum Gasteiger partial charge on any atom is -0.481 e. The second-order valence-corrected chi connectivity index (χ2v) is 15.1. The number of rotatable bonds is 1. The first-order chi connectivity index (χ1) is 15.6. The Bertz CT molecular complexity index is 968. The van der Waals surface area contributed by atoms with Crippen molar-refractivity contribution in [2.45, 2.75) is 112 Å². The molecule has 4 fully saturated rings. The van der Waals surface area contributed by atoms with Crippen LogP contribution in [0.25, 0.3) is 0 Å². The third-order valence-corrected chi connectivity index (χ3v) is 13.1. The third kappa shape index (κ3) is 2.81. The van der Waals surface area contributed by atoms with E-state index in [0.717, 1.165) is 51.4 Å². The Morgan fingerprint density at radius 3 is 2.24 bits per heavy atom. The molecule has 34 heavy (non-hydrogen) atoms. The van der Waals surface area contributed by atoms with Gasteiger partial charge >= 0.3 is 5.97 Å². The van der Waals surface area contributed by atoms with Gasteiger partial charge in [-0.3, -0.25) is 9.59 Å². The molecule has 0 aromatic heterocycles. The summed E-state index contributed by atoms with van der Waals surface area (Å²) in [6, 6.07) is 0.0523. The van der Waals surface area contributed by atoms with Crippen molar-refractivity contribution in [3.63, 3.8) is 0 Å². The predicted octanol–water partition coefficient (Wildman–Crippen LogP) is 6.38. The van der Waals surface area contributed by atoms with E-state index >= 15 is 0 Å². The van der Waals surface area contributed by atoms with Gasteiger partial charge in [-0.1, -0.05) is 47.1 Å². The smallest absolute Gasteiger partial charge is 0.309 e. The lowest BCUT2D eigenvalue weighted by atomic mass is 9.33. The molecular weight excluding hydrogens is 422 g/mol. The second-order valence-electron chi connectivity index (χ2n) is 15.1. The van der Waals surface area contributed by atoms with Gasteiger partial charge in [-0.25, -0.2) is 0 Å². The molecule has 0 bridgehead atoms. The van der Waals surface area contributed by atoms with E-state index in [1.54, 1.807) is 0 Å². The average Bonchev–Trinajstić information content (AvgIpc) is 2.74. The zero-order chi connectivity index (χ0) is 25.1. The summed E-state index contributed by atoms with van der Waals surface area (Å²) in [5.74, 6) is 0.174. The van der Waals surface area contributed by atoms with Gasteiger partial charge in [0.25, 0.3) is 0 Å². The average molecular weight is 470 g/mol. The summed E-state index contributed by atoms with van der Waals surface area (Å²) in [5.41, 5.74) is 7.40. The van der Waals surface area contributed by atoms with Gasteiger partial charge in [0.1, 0.15) is 0 Å². The fourth-order valence-electron chi connectivity index (χ4n) is 10.4. The Morgan fingerprint density at radius 1 is 0.941 bits per heavy atom. The van der Waals surface area contributed by atoms with Crippen LogP contribution in [0.5, 0.6) is 0 Å². The van der Waals surface area contributed by atoms with Crippen LogP contribution in [-0.2, 0) is 9.59 Å². The van der Waals surface area contributed by atoms with Crippen LogP contribution in [0.4, 0.5) is 0 Å². The molecule has 0 spiro atoms. The highest BCUT2D eigenvalue weighted by Gasteiger charge is 2.70. The summed E-state index contributed by atoms with van der Waals surface area (Å²) in [4.78, 5) is 26.5. The number of carboxylic acids is 1. The molecule has 0 aromatic carbocycles. The first-order valence-corrected chi connectivity index (χ1v) is 13.8. The van der Waals surface area contributed by atoms with E-state index in [4.69, 9.17) is 5.73 Å². The molecule has 0 aliphatic heterocycles. The monoisotopic (exact) mass is 469 g/mol. The van der Waals surface area contributed by atoms with E-state index in [1.807, 2.05) is 13.0 Å². The van der Waals surface area contributed by atoms with Crippen LogP contribution in [-0.4, -0.2) is 22.9 Å². The van der Waals surface area contributed by atoms with Crippen molar-refractivity contribution in [2.75, 3.05) is 0 Å². The van der Waals surface area contributed by atoms with Crippen LogP contribution in [0, 0.1) is 50.2 Å². The lowest BCUT2D eigenvalue weighted by Crippen LogP contribution is -2.69. The molecule has 1 unspecified atom stereocenters. The summed E-state index contributed by atoms with van der Waals surface area (Å²) < 4.78 is 0. The topological polar surface area (TPSA) is 80.4 Å². The van der Waals surface area contributed by atoms with Crippen molar-refractivity contribution in [3.8, 4) is 0 Å². The molecule has 9 atom stereocenters. The quantitative estimate of drug-likeness (QED) is 0.467. The number of ketones is 1. The number of aliphatic carboxylic acids is 1. The van der Waals surface area contributed by atoms with Crippen LogP contribution in [0.1, 0.15) is 106 Å². The maximum atomic E-state index is 14.3. The fourth-order valence-corrected chi connectivity index (χ4v) is 10.4. The molecule has 0 saturated heterocycles. The third-order valence-electron chi connectivity index (χ3n) is 13.1. The Morgan fingerprint density at radius 2 is 1.59 bits per heavy atom. The van der Waals surface area contributed by atoms with E-state index in [1.165, 1.54) is 5.57 Å². The zero-order valence-corrected chi connectivity index (χ0v) is 22.6. The zero-order valence-electron chi connectivity index (χ0n) is 22.6. The minimum atomic E-state index is -0.705. The molecular formula is C30H47NO3. The van der Waals surface area contributed by atoms with Crippen molar-refractivity contribution in [2.24, 2.45) is 56.0 Å². The Labute approximate surface area is 206 Å². The van der Waals surface area contributed by atoms with Crippen molar-refractivity contribution in [3.05, 3.63) is 11.6 Å². The van der Waals surface area contributed by atoms with Gasteiger partial charge in [-0.15, -0.1) is 0 Å². The standard InChI is InChI=1S/C30H47NO3/c1-25(2)10-9-22(31)30(7)21(25)8-11-29(6)23(30)20(32)16-18-19-17-27(4,24(33)34)13-12-26(19,3)14-15-28(18,29)5/h16,19,21-23H,8-15,17,31H2,1-7H3,(H,33,34)/t19-,21-,22?,23-,26+,27-,28+,29+,30+/m0/s1. The van der Waals surface area contributed by atoms with Crippen molar-refractivity contribution in [1.82, 2.24) is 0 Å². The highest BCUT2D eigenvalue weighted by Crippen LogP contribution is 2.74. The van der Waals surface area contributed by atoms with Crippen molar-refractivity contribution < 1.29 is 14.7 Å². The van der Waals surface area contributed by atoms with Gasteiger partial charge in [0.2, 0.25) is 0 Å². The molecule has 5 aliphatic carbocycles. The van der Waals surface area contributed by atoms with Crippen molar-refractivity contribution >= 4 is 11.8 Å². The first kappa shape index (κ1) is 24.5. The fraction of sp³-hybridized carbons (Fsp3) is 0.867. The van der Waals surface area contributed by atoms with E-state index in [-0.39, 0.29) is 50.7 Å². The normalized spacial score (nSPS) is 54.1. The molecule has 0 aromatic rings. The van der Waals surface area contributed by atoms with Crippen molar-refractivity contribution in [1.29, 1.82) is 0 Å². The van der Waals surface area contributed by atoms with Crippen LogP contribution >= 0.6 is 0 Å². The lowest BCUT2D eigenvalue weighted by Gasteiger charge is -2.71. The van der Waals surface area contributed by atoms with Gasteiger partial charge in [0, 0.05) is 12.0 Å². The predicted molar refractivity (Wildman–Crippen MR) is 135 cm³/mol. The number of hydrogen-bond donors (Lipinski definition) is 2. The van der Waals surface area contributed by atoms with Gasteiger partial charge in [0.15, 0.2) is 5.78 Å². The summed E-state index contributed by atoms with van der Waals surface area (Å²) in [7, 11) is 0. The number of fused-ring (bicyclic) bond motifs is 7. The molecule has 5 rings (SSSR count). The SMILES string of the molecule is CC1(C)CCC(N)[C@]2(C)[C@H]3C(=O)C=C4[C@@H]5C[C@@](C)(C(=O)O)CC[C@]5(C)CC[C@@]4(C)[C@]3(C)CC[C@@H]12. The van der Waals surface area contributed by atoms with Gasteiger partial charge in [-0.2, -0.15) is 0 Å². The number of allylic oxidation sites excluding steroid dienone is 2. The van der Waals surface area contributed by atoms with E-state index in [2.05, 4.69) is 41.5 Å².